The Morgan fingerprint density at radius 2 is 2.38 bits per heavy atom. The Morgan fingerprint density at radius 3 is 3.00 bits per heavy atom. The highest BCUT2D eigenvalue weighted by molar-refractivity contribution is 5.17. The van der Waals surface area contributed by atoms with Crippen molar-refractivity contribution >= 4 is 0 Å². The topological polar surface area (TPSA) is 34.4 Å². The first-order valence-corrected chi connectivity index (χ1v) is 4.65. The number of furan rings is 1. The molecular weight excluding hydrogens is 166 g/mol. The van der Waals surface area contributed by atoms with Gasteiger partial charge in [-0.3, -0.25) is 0 Å². The fraction of sp³-hybridized carbons (Fsp3) is 0.600. The summed E-state index contributed by atoms with van der Waals surface area (Å²) in [6, 6.07) is 4.08. The van der Waals surface area contributed by atoms with Crippen LogP contribution in [-0.2, 0) is 11.4 Å². The zero-order valence-corrected chi connectivity index (χ0v) is 8.04. The summed E-state index contributed by atoms with van der Waals surface area (Å²) in [5.74, 6) is 3.53. The van der Waals surface area contributed by atoms with Gasteiger partial charge in [-0.1, -0.05) is 6.92 Å². The van der Waals surface area contributed by atoms with Crippen LogP contribution < -0.4 is 5.48 Å². The quantitative estimate of drug-likeness (QED) is 0.722. The molecule has 1 aliphatic carbocycles. The molecule has 2 atom stereocenters. The maximum atomic E-state index is 5.64. The monoisotopic (exact) mass is 181 g/mol. The minimum absolute atomic E-state index is 0.637. The molecule has 3 nitrogen and oxygen atoms in total. The standard InChI is InChI=1S/C10H15NO2/c1-7-5-9(7)10-4-3-8(13-10)6-11-12-2/h3-4,7,9,11H,5-6H2,1-2H3. The molecular formula is C10H15NO2. The largest absolute Gasteiger partial charge is 0.464 e. The van der Waals surface area contributed by atoms with Gasteiger partial charge in [0.2, 0.25) is 0 Å². The second-order valence-corrected chi connectivity index (χ2v) is 3.65. The van der Waals surface area contributed by atoms with Crippen molar-refractivity contribution in [3.8, 4) is 0 Å². The summed E-state index contributed by atoms with van der Waals surface area (Å²) in [5.41, 5.74) is 2.75. The van der Waals surface area contributed by atoms with Gasteiger partial charge in [0.05, 0.1) is 13.7 Å². The van der Waals surface area contributed by atoms with Crippen LogP contribution in [0.5, 0.6) is 0 Å². The van der Waals surface area contributed by atoms with E-state index in [0.717, 1.165) is 17.4 Å². The normalized spacial score (nSPS) is 26.3. The zero-order valence-electron chi connectivity index (χ0n) is 8.04. The molecule has 0 amide bonds. The van der Waals surface area contributed by atoms with Crippen molar-refractivity contribution in [3.63, 3.8) is 0 Å². The minimum Gasteiger partial charge on any atom is -0.464 e. The summed E-state index contributed by atoms with van der Waals surface area (Å²) < 4.78 is 5.64. The molecule has 1 aromatic heterocycles. The van der Waals surface area contributed by atoms with Crippen molar-refractivity contribution < 1.29 is 9.25 Å². The fourth-order valence-corrected chi connectivity index (χ4v) is 1.55. The molecule has 0 bridgehead atoms. The van der Waals surface area contributed by atoms with Crippen molar-refractivity contribution in [1.29, 1.82) is 0 Å². The predicted octanol–water partition coefficient (Wildman–Crippen LogP) is 2.05. The molecule has 1 aliphatic rings. The minimum atomic E-state index is 0.637. The lowest BCUT2D eigenvalue weighted by molar-refractivity contribution is 0.0815. The lowest BCUT2D eigenvalue weighted by Gasteiger charge is -1.97. The van der Waals surface area contributed by atoms with Crippen LogP contribution in [0.3, 0.4) is 0 Å². The van der Waals surface area contributed by atoms with Gasteiger partial charge in [-0.15, -0.1) is 0 Å². The van der Waals surface area contributed by atoms with E-state index >= 15 is 0 Å². The SMILES string of the molecule is CONCc1ccc(C2CC2C)o1. The average Bonchev–Trinajstić information content (AvgIpc) is 2.67. The Kier molecular flexibility index (Phi) is 2.38. The first-order chi connectivity index (χ1) is 6.31. The van der Waals surface area contributed by atoms with Gasteiger partial charge in [-0.05, 0) is 24.5 Å². The molecule has 72 valence electrons. The van der Waals surface area contributed by atoms with E-state index in [-0.39, 0.29) is 0 Å². The van der Waals surface area contributed by atoms with Crippen LogP contribution in [0, 0.1) is 5.92 Å². The lowest BCUT2D eigenvalue weighted by Crippen LogP contribution is -2.09. The van der Waals surface area contributed by atoms with E-state index in [4.69, 9.17) is 9.25 Å². The third kappa shape index (κ3) is 1.92. The van der Waals surface area contributed by atoms with Crippen molar-refractivity contribution in [2.45, 2.75) is 25.8 Å². The van der Waals surface area contributed by atoms with Crippen LogP contribution >= 0.6 is 0 Å². The molecule has 1 N–H and O–H groups in total. The summed E-state index contributed by atoms with van der Waals surface area (Å²) in [6.45, 7) is 2.89. The Hall–Kier alpha value is -0.800. The van der Waals surface area contributed by atoms with E-state index in [1.807, 2.05) is 6.07 Å². The molecule has 0 spiro atoms. The molecule has 2 unspecified atom stereocenters. The number of hydrogen-bond donors (Lipinski definition) is 1. The third-order valence-electron chi connectivity index (χ3n) is 2.55. The van der Waals surface area contributed by atoms with Gasteiger partial charge in [-0.2, -0.15) is 5.48 Å². The third-order valence-corrected chi connectivity index (χ3v) is 2.55. The highest BCUT2D eigenvalue weighted by atomic mass is 16.6. The van der Waals surface area contributed by atoms with Crippen molar-refractivity contribution in [3.05, 3.63) is 23.7 Å². The van der Waals surface area contributed by atoms with Crippen molar-refractivity contribution in [1.82, 2.24) is 5.48 Å². The van der Waals surface area contributed by atoms with Gasteiger partial charge in [0.25, 0.3) is 0 Å². The molecule has 2 rings (SSSR count). The van der Waals surface area contributed by atoms with Crippen LogP contribution in [0.25, 0.3) is 0 Å². The first-order valence-electron chi connectivity index (χ1n) is 4.65. The van der Waals surface area contributed by atoms with E-state index in [1.165, 1.54) is 6.42 Å². The highest BCUT2D eigenvalue weighted by Gasteiger charge is 2.36. The van der Waals surface area contributed by atoms with Crippen LogP contribution in [0.2, 0.25) is 0 Å². The summed E-state index contributed by atoms with van der Waals surface area (Å²) in [6.07, 6.45) is 1.27. The Bertz CT molecular complexity index is 282. The summed E-state index contributed by atoms with van der Waals surface area (Å²) in [7, 11) is 1.60. The van der Waals surface area contributed by atoms with E-state index < -0.39 is 0 Å². The zero-order chi connectivity index (χ0) is 9.26. The van der Waals surface area contributed by atoms with E-state index in [2.05, 4.69) is 18.5 Å². The average molecular weight is 181 g/mol. The number of nitrogens with one attached hydrogen (secondary N) is 1. The lowest BCUT2D eigenvalue weighted by atomic mass is 10.3. The fourth-order valence-electron chi connectivity index (χ4n) is 1.55. The van der Waals surface area contributed by atoms with Gasteiger partial charge in [0.15, 0.2) is 0 Å². The Labute approximate surface area is 78.0 Å². The predicted molar refractivity (Wildman–Crippen MR) is 49.1 cm³/mol. The summed E-state index contributed by atoms with van der Waals surface area (Å²) in [5, 5.41) is 0. The molecule has 0 aliphatic heterocycles. The second kappa shape index (κ2) is 3.52. The van der Waals surface area contributed by atoms with Gasteiger partial charge < -0.3 is 9.25 Å². The molecule has 0 radical (unpaired) electrons. The molecule has 13 heavy (non-hydrogen) atoms. The highest BCUT2D eigenvalue weighted by Crippen LogP contribution is 2.47. The summed E-state index contributed by atoms with van der Waals surface area (Å²) >= 11 is 0. The van der Waals surface area contributed by atoms with Gasteiger partial charge in [0.1, 0.15) is 11.5 Å². The number of hydroxylamine groups is 1. The molecule has 1 aromatic rings. The molecule has 1 heterocycles. The summed E-state index contributed by atoms with van der Waals surface area (Å²) in [4.78, 5) is 4.74. The maximum absolute atomic E-state index is 5.64. The molecule has 3 heteroatoms. The Morgan fingerprint density at radius 1 is 1.62 bits per heavy atom. The van der Waals surface area contributed by atoms with E-state index in [0.29, 0.717) is 12.5 Å². The second-order valence-electron chi connectivity index (χ2n) is 3.65. The molecule has 1 fully saturated rings. The van der Waals surface area contributed by atoms with E-state index in [1.54, 1.807) is 7.11 Å². The maximum Gasteiger partial charge on any atom is 0.120 e. The van der Waals surface area contributed by atoms with Crippen LogP contribution in [-0.4, -0.2) is 7.11 Å². The van der Waals surface area contributed by atoms with Gasteiger partial charge in [0, 0.05) is 5.92 Å². The van der Waals surface area contributed by atoms with Crippen LogP contribution in [0.1, 0.15) is 30.8 Å². The van der Waals surface area contributed by atoms with Crippen LogP contribution in [0.4, 0.5) is 0 Å². The Balaban J connectivity index is 1.94. The van der Waals surface area contributed by atoms with E-state index in [9.17, 15) is 0 Å². The van der Waals surface area contributed by atoms with Gasteiger partial charge in [-0.25, -0.2) is 0 Å². The molecule has 1 saturated carbocycles. The smallest absolute Gasteiger partial charge is 0.120 e. The van der Waals surface area contributed by atoms with Crippen molar-refractivity contribution in [2.75, 3.05) is 7.11 Å². The molecule has 0 aromatic carbocycles. The number of hydrogen-bond acceptors (Lipinski definition) is 3. The van der Waals surface area contributed by atoms with Crippen LogP contribution in [0.15, 0.2) is 16.5 Å². The molecule has 0 saturated heterocycles. The van der Waals surface area contributed by atoms with Gasteiger partial charge >= 0.3 is 0 Å². The van der Waals surface area contributed by atoms with Crippen molar-refractivity contribution in [2.24, 2.45) is 5.92 Å². The number of rotatable bonds is 4. The first kappa shape index (κ1) is 8.78.